The Labute approximate surface area is 121 Å². The highest BCUT2D eigenvalue weighted by atomic mass is 35.5. The smallest absolute Gasteiger partial charge is 0.251 e. The Bertz CT molecular complexity index is 355. The van der Waals surface area contributed by atoms with E-state index in [0.29, 0.717) is 18.7 Å². The van der Waals surface area contributed by atoms with E-state index < -0.39 is 0 Å². The summed E-state index contributed by atoms with van der Waals surface area (Å²) in [6.07, 6.45) is 1.91. The highest BCUT2D eigenvalue weighted by molar-refractivity contribution is 5.94. The molecule has 0 bridgehead atoms. The molecule has 0 aliphatic carbocycles. The van der Waals surface area contributed by atoms with Gasteiger partial charge in [-0.25, -0.2) is 0 Å². The van der Waals surface area contributed by atoms with E-state index in [1.807, 2.05) is 19.1 Å². The predicted molar refractivity (Wildman–Crippen MR) is 79.6 cm³/mol. The van der Waals surface area contributed by atoms with Crippen molar-refractivity contribution >= 4 is 18.3 Å². The fourth-order valence-corrected chi connectivity index (χ4v) is 1.57. The number of rotatable bonds is 8. The van der Waals surface area contributed by atoms with E-state index in [1.54, 1.807) is 12.1 Å². The number of amides is 1. The number of nitrogens with one attached hydrogen (secondary N) is 1. The summed E-state index contributed by atoms with van der Waals surface area (Å²) in [7, 11) is 0. The lowest BCUT2D eigenvalue weighted by atomic mass is 10.1. The van der Waals surface area contributed by atoms with E-state index in [0.717, 1.165) is 31.6 Å². The van der Waals surface area contributed by atoms with Crippen molar-refractivity contribution in [2.45, 2.75) is 26.3 Å². The van der Waals surface area contributed by atoms with Crippen molar-refractivity contribution in [2.24, 2.45) is 5.73 Å². The van der Waals surface area contributed by atoms with Crippen molar-refractivity contribution in [1.82, 2.24) is 5.32 Å². The van der Waals surface area contributed by atoms with Crippen molar-refractivity contribution in [3.63, 3.8) is 0 Å². The van der Waals surface area contributed by atoms with Crippen molar-refractivity contribution in [3.05, 3.63) is 35.4 Å². The summed E-state index contributed by atoms with van der Waals surface area (Å²) < 4.78 is 5.23. The van der Waals surface area contributed by atoms with Crippen molar-refractivity contribution < 1.29 is 9.53 Å². The Morgan fingerprint density at radius 2 is 1.95 bits per heavy atom. The lowest BCUT2D eigenvalue weighted by Gasteiger charge is -2.06. The van der Waals surface area contributed by atoms with Crippen LogP contribution in [0.25, 0.3) is 0 Å². The number of nitrogens with two attached hydrogens (primary N) is 1. The van der Waals surface area contributed by atoms with Crippen LogP contribution in [0.1, 0.15) is 35.7 Å². The summed E-state index contributed by atoms with van der Waals surface area (Å²) in [6.45, 7) is 4.67. The molecule has 0 unspecified atom stereocenters. The number of benzene rings is 1. The Balaban J connectivity index is 0.00000324. The summed E-state index contributed by atoms with van der Waals surface area (Å²) in [5.41, 5.74) is 7.21. The molecule has 0 radical (unpaired) electrons. The largest absolute Gasteiger partial charge is 0.382 e. The molecule has 1 aromatic carbocycles. The molecule has 0 atom stereocenters. The van der Waals surface area contributed by atoms with Gasteiger partial charge in [0.25, 0.3) is 5.91 Å². The molecule has 1 aromatic rings. The third-order valence-corrected chi connectivity index (χ3v) is 2.66. The molecule has 0 spiro atoms. The molecule has 0 aromatic heterocycles. The number of hydrogen-bond donors (Lipinski definition) is 2. The molecular formula is C14H23ClN2O2. The van der Waals surface area contributed by atoms with E-state index in [-0.39, 0.29) is 18.3 Å². The lowest BCUT2D eigenvalue weighted by Crippen LogP contribution is -2.24. The Hall–Kier alpha value is -1.10. The van der Waals surface area contributed by atoms with Gasteiger partial charge >= 0.3 is 0 Å². The van der Waals surface area contributed by atoms with Gasteiger partial charge in [0.05, 0.1) is 0 Å². The monoisotopic (exact) mass is 286 g/mol. The van der Waals surface area contributed by atoms with Crippen LogP contribution in [0.5, 0.6) is 0 Å². The van der Waals surface area contributed by atoms with Gasteiger partial charge in [-0.3, -0.25) is 4.79 Å². The van der Waals surface area contributed by atoms with Gasteiger partial charge < -0.3 is 15.8 Å². The first-order chi connectivity index (χ1) is 8.77. The minimum Gasteiger partial charge on any atom is -0.382 e. The van der Waals surface area contributed by atoms with E-state index in [1.165, 1.54) is 0 Å². The maximum Gasteiger partial charge on any atom is 0.251 e. The molecule has 1 amide bonds. The average Bonchev–Trinajstić information content (AvgIpc) is 2.42. The number of carbonyl (C=O) groups is 1. The Kier molecular flexibility index (Phi) is 10.2. The van der Waals surface area contributed by atoms with Crippen molar-refractivity contribution in [1.29, 1.82) is 0 Å². The van der Waals surface area contributed by atoms with Gasteiger partial charge in [0.15, 0.2) is 0 Å². The topological polar surface area (TPSA) is 64.3 Å². The van der Waals surface area contributed by atoms with Crippen LogP contribution in [0.4, 0.5) is 0 Å². The molecule has 108 valence electrons. The SMILES string of the molecule is CCOCCCCNC(=O)c1ccc(CN)cc1.Cl. The highest BCUT2D eigenvalue weighted by Gasteiger charge is 2.03. The standard InChI is InChI=1S/C14H22N2O2.ClH/c1-2-18-10-4-3-9-16-14(17)13-7-5-12(11-15)6-8-13;/h5-8H,2-4,9-11,15H2,1H3,(H,16,17);1H. The Morgan fingerprint density at radius 1 is 1.26 bits per heavy atom. The molecule has 4 nitrogen and oxygen atoms in total. The van der Waals surface area contributed by atoms with Crippen LogP contribution in [0.3, 0.4) is 0 Å². The second-order valence-electron chi connectivity index (χ2n) is 4.06. The number of ether oxygens (including phenoxy) is 1. The van der Waals surface area contributed by atoms with Crippen LogP contribution < -0.4 is 11.1 Å². The normalized spacial score (nSPS) is 9.79. The molecule has 1 rings (SSSR count). The fraction of sp³-hybridized carbons (Fsp3) is 0.500. The molecule has 3 N–H and O–H groups in total. The average molecular weight is 287 g/mol. The van der Waals surface area contributed by atoms with Crippen molar-refractivity contribution in [2.75, 3.05) is 19.8 Å². The van der Waals surface area contributed by atoms with Crippen LogP contribution in [-0.2, 0) is 11.3 Å². The van der Waals surface area contributed by atoms with Crippen LogP contribution >= 0.6 is 12.4 Å². The maximum atomic E-state index is 11.8. The highest BCUT2D eigenvalue weighted by Crippen LogP contribution is 2.03. The molecule has 0 heterocycles. The fourth-order valence-electron chi connectivity index (χ4n) is 1.57. The summed E-state index contributed by atoms with van der Waals surface area (Å²) in [5.74, 6) is -0.0324. The third-order valence-electron chi connectivity index (χ3n) is 2.66. The zero-order valence-electron chi connectivity index (χ0n) is 11.4. The number of hydrogen-bond acceptors (Lipinski definition) is 3. The molecule has 0 saturated heterocycles. The number of carbonyl (C=O) groups excluding carboxylic acids is 1. The van der Waals surface area contributed by atoms with Crippen LogP contribution in [0.15, 0.2) is 24.3 Å². The summed E-state index contributed by atoms with van der Waals surface area (Å²) in [5, 5.41) is 2.89. The Morgan fingerprint density at radius 3 is 2.53 bits per heavy atom. The van der Waals surface area contributed by atoms with Crippen LogP contribution in [0, 0.1) is 0 Å². The molecule has 0 aliphatic rings. The zero-order chi connectivity index (χ0) is 13.2. The quantitative estimate of drug-likeness (QED) is 0.720. The molecule has 19 heavy (non-hydrogen) atoms. The van der Waals surface area contributed by atoms with Crippen LogP contribution in [-0.4, -0.2) is 25.7 Å². The third kappa shape index (κ3) is 7.15. The van der Waals surface area contributed by atoms with Gasteiger partial charge in [0.1, 0.15) is 0 Å². The number of halogens is 1. The van der Waals surface area contributed by atoms with Crippen molar-refractivity contribution in [3.8, 4) is 0 Å². The van der Waals surface area contributed by atoms with Gasteiger partial charge in [0, 0.05) is 31.9 Å². The number of unbranched alkanes of at least 4 members (excludes halogenated alkanes) is 1. The van der Waals surface area contributed by atoms with E-state index in [2.05, 4.69) is 5.32 Å². The van der Waals surface area contributed by atoms with E-state index in [4.69, 9.17) is 10.5 Å². The first kappa shape index (κ1) is 17.9. The molecular weight excluding hydrogens is 264 g/mol. The molecule has 0 aliphatic heterocycles. The van der Waals surface area contributed by atoms with E-state index in [9.17, 15) is 4.79 Å². The summed E-state index contributed by atoms with van der Waals surface area (Å²) >= 11 is 0. The van der Waals surface area contributed by atoms with Gasteiger partial charge in [0.2, 0.25) is 0 Å². The first-order valence-corrected chi connectivity index (χ1v) is 6.43. The second-order valence-corrected chi connectivity index (χ2v) is 4.06. The molecule has 5 heteroatoms. The minimum absolute atomic E-state index is 0. The summed E-state index contributed by atoms with van der Waals surface area (Å²) in [6, 6.07) is 7.36. The van der Waals surface area contributed by atoms with Crippen LogP contribution in [0.2, 0.25) is 0 Å². The minimum atomic E-state index is -0.0324. The van der Waals surface area contributed by atoms with Gasteiger partial charge in [-0.05, 0) is 37.5 Å². The molecule has 0 saturated carbocycles. The summed E-state index contributed by atoms with van der Waals surface area (Å²) in [4.78, 5) is 11.8. The van der Waals surface area contributed by atoms with Gasteiger partial charge in [-0.2, -0.15) is 0 Å². The zero-order valence-corrected chi connectivity index (χ0v) is 12.2. The second kappa shape index (κ2) is 10.8. The maximum absolute atomic E-state index is 11.8. The predicted octanol–water partition coefficient (Wildman–Crippen LogP) is 2.11. The molecule has 0 fully saturated rings. The van der Waals surface area contributed by atoms with Gasteiger partial charge in [-0.15, -0.1) is 12.4 Å². The van der Waals surface area contributed by atoms with E-state index >= 15 is 0 Å². The first-order valence-electron chi connectivity index (χ1n) is 6.43. The lowest BCUT2D eigenvalue weighted by molar-refractivity contribution is 0.0949. The van der Waals surface area contributed by atoms with Gasteiger partial charge in [-0.1, -0.05) is 12.1 Å².